The fourth-order valence-electron chi connectivity index (χ4n) is 3.83. The molecule has 0 radical (unpaired) electrons. The van der Waals surface area contributed by atoms with Crippen molar-refractivity contribution >= 4 is 11.8 Å². The van der Waals surface area contributed by atoms with Crippen LogP contribution >= 0.6 is 11.8 Å². The van der Waals surface area contributed by atoms with Crippen molar-refractivity contribution < 1.29 is 9.15 Å². The predicted molar refractivity (Wildman–Crippen MR) is 149 cm³/mol. The van der Waals surface area contributed by atoms with Crippen LogP contribution in [0, 0.1) is 0 Å². The molecule has 7 nitrogen and oxygen atoms in total. The molecule has 0 saturated carbocycles. The maximum atomic E-state index is 5.90. The van der Waals surface area contributed by atoms with Crippen molar-refractivity contribution in [3.63, 3.8) is 0 Å². The van der Waals surface area contributed by atoms with Gasteiger partial charge in [-0.2, -0.15) is 0 Å². The second-order valence-corrected chi connectivity index (χ2v) is 10.6. The zero-order valence-electron chi connectivity index (χ0n) is 22.2. The Morgan fingerprint density at radius 2 is 1.47 bits per heavy atom. The minimum absolute atomic E-state index is 0.575. The molecule has 1 aromatic heterocycles. The van der Waals surface area contributed by atoms with Crippen LogP contribution in [-0.2, 0) is 12.3 Å². The Bertz CT molecular complexity index is 965. The molecule has 0 spiro atoms. The summed E-state index contributed by atoms with van der Waals surface area (Å²) in [7, 11) is 8.54. The van der Waals surface area contributed by atoms with E-state index in [0.29, 0.717) is 24.1 Å². The molecule has 0 fully saturated rings. The van der Waals surface area contributed by atoms with E-state index in [9.17, 15) is 0 Å². The third-order valence-electron chi connectivity index (χ3n) is 5.70. The molecule has 3 aromatic rings. The van der Waals surface area contributed by atoms with Gasteiger partial charge in [0.2, 0.25) is 11.8 Å². The Hall–Kier alpha value is -2.39. The molecule has 0 atom stereocenters. The first-order valence-corrected chi connectivity index (χ1v) is 13.8. The van der Waals surface area contributed by atoms with Crippen molar-refractivity contribution in [3.05, 3.63) is 66.1 Å². The van der Waals surface area contributed by atoms with Crippen molar-refractivity contribution in [1.29, 1.82) is 0 Å². The highest BCUT2D eigenvalue weighted by Crippen LogP contribution is 2.21. The molecule has 0 unspecified atom stereocenters. The van der Waals surface area contributed by atoms with E-state index in [4.69, 9.17) is 9.15 Å². The van der Waals surface area contributed by atoms with Gasteiger partial charge in [0.05, 0.1) is 12.4 Å². The zero-order valence-corrected chi connectivity index (χ0v) is 23.0. The highest BCUT2D eigenvalue weighted by atomic mass is 32.2. The number of hydrogen-bond donors (Lipinski definition) is 0. The topological polar surface area (TPSA) is 57.9 Å². The van der Waals surface area contributed by atoms with E-state index in [0.717, 1.165) is 49.8 Å². The van der Waals surface area contributed by atoms with E-state index in [2.05, 4.69) is 77.4 Å². The molecule has 0 aliphatic heterocycles. The summed E-state index contributed by atoms with van der Waals surface area (Å²) in [6.45, 7) is 6.04. The van der Waals surface area contributed by atoms with Crippen LogP contribution in [0.2, 0.25) is 0 Å². The van der Waals surface area contributed by atoms with Gasteiger partial charge in [0, 0.05) is 17.9 Å². The number of thioether (sulfide) groups is 1. The summed E-state index contributed by atoms with van der Waals surface area (Å²) in [5.41, 5.74) is 2.27. The maximum Gasteiger partial charge on any atom is 0.247 e. The largest absolute Gasteiger partial charge is 0.493 e. The van der Waals surface area contributed by atoms with Crippen LogP contribution in [-0.4, -0.2) is 91.6 Å². The van der Waals surface area contributed by atoms with Gasteiger partial charge in [-0.3, -0.25) is 4.90 Å². The van der Waals surface area contributed by atoms with E-state index >= 15 is 0 Å². The Kier molecular flexibility index (Phi) is 12.3. The molecular weight excluding hydrogens is 470 g/mol. The maximum absolute atomic E-state index is 5.90. The Morgan fingerprint density at radius 3 is 2.11 bits per heavy atom. The second kappa shape index (κ2) is 15.7. The molecule has 0 aliphatic carbocycles. The van der Waals surface area contributed by atoms with Gasteiger partial charge in [0.15, 0.2) is 0 Å². The third kappa shape index (κ3) is 10.7. The van der Waals surface area contributed by atoms with Crippen molar-refractivity contribution in [2.24, 2.45) is 0 Å². The Balaban J connectivity index is 1.45. The number of rotatable bonds is 17. The van der Waals surface area contributed by atoms with Gasteiger partial charge in [-0.1, -0.05) is 30.3 Å². The number of para-hydroxylation sites is 1. The van der Waals surface area contributed by atoms with E-state index in [1.807, 2.05) is 30.3 Å². The molecule has 36 heavy (non-hydrogen) atoms. The summed E-state index contributed by atoms with van der Waals surface area (Å²) >= 11 is 1.73. The average molecular weight is 512 g/mol. The number of hydrogen-bond acceptors (Lipinski definition) is 8. The second-order valence-electron chi connectivity index (χ2n) is 9.50. The number of ether oxygens (including phenoxy) is 1. The molecule has 0 bridgehead atoms. The van der Waals surface area contributed by atoms with E-state index in [-0.39, 0.29) is 0 Å². The quantitative estimate of drug-likeness (QED) is 0.241. The number of benzene rings is 2. The Labute approximate surface area is 220 Å². The van der Waals surface area contributed by atoms with E-state index in [1.54, 1.807) is 11.8 Å². The molecule has 0 aliphatic rings. The molecule has 0 amide bonds. The fraction of sp³-hybridized carbons (Fsp3) is 0.500. The lowest BCUT2D eigenvalue weighted by molar-refractivity contribution is 0.234. The molecule has 2 aromatic carbocycles. The molecule has 3 rings (SSSR count). The van der Waals surface area contributed by atoms with Crippen molar-refractivity contribution in [3.8, 4) is 17.2 Å². The predicted octanol–water partition coefficient (Wildman–Crippen LogP) is 4.75. The van der Waals surface area contributed by atoms with Gasteiger partial charge in [-0.05, 0) is 97.0 Å². The van der Waals surface area contributed by atoms with E-state index < -0.39 is 0 Å². The van der Waals surface area contributed by atoms with Crippen LogP contribution in [0.25, 0.3) is 11.5 Å². The lowest BCUT2D eigenvalue weighted by Gasteiger charge is -2.24. The summed E-state index contributed by atoms with van der Waals surface area (Å²) in [4.78, 5) is 7.07. The first-order valence-electron chi connectivity index (χ1n) is 12.7. The third-order valence-corrected chi connectivity index (χ3v) is 6.60. The summed E-state index contributed by atoms with van der Waals surface area (Å²) in [5, 5.41) is 8.48. The van der Waals surface area contributed by atoms with Crippen molar-refractivity contribution in [2.75, 3.05) is 66.7 Å². The van der Waals surface area contributed by atoms with Gasteiger partial charge in [-0.15, -0.1) is 22.0 Å². The van der Waals surface area contributed by atoms with Gasteiger partial charge in [-0.25, -0.2) is 0 Å². The smallest absolute Gasteiger partial charge is 0.247 e. The van der Waals surface area contributed by atoms with Crippen LogP contribution in [0.5, 0.6) is 5.75 Å². The van der Waals surface area contributed by atoms with Crippen LogP contribution in [0.4, 0.5) is 0 Å². The molecule has 8 heteroatoms. The molecule has 0 saturated heterocycles. The average Bonchev–Trinajstić information content (AvgIpc) is 3.33. The van der Waals surface area contributed by atoms with Crippen molar-refractivity contribution in [1.82, 2.24) is 24.9 Å². The van der Waals surface area contributed by atoms with Gasteiger partial charge < -0.3 is 19.0 Å². The first kappa shape index (κ1) is 28.2. The molecular formula is C28H41N5O2S. The van der Waals surface area contributed by atoms with Gasteiger partial charge >= 0.3 is 0 Å². The standard InChI is InChI=1S/C28H41N5O2S/c1-31(2)16-8-18-33(19-9-17-32(3)4)22-24-12-14-25(15-13-24)28-30-29-27(35-28)23-36-21-20-34-26-10-6-5-7-11-26/h5-7,10-15H,8-9,16-23H2,1-4H3. The number of nitrogens with zero attached hydrogens (tertiary/aromatic N) is 5. The summed E-state index contributed by atoms with van der Waals surface area (Å²) < 4.78 is 11.6. The lowest BCUT2D eigenvalue weighted by Crippen LogP contribution is -2.29. The normalized spacial score (nSPS) is 11.6. The summed E-state index contributed by atoms with van der Waals surface area (Å²) in [6, 6.07) is 18.4. The van der Waals surface area contributed by atoms with E-state index in [1.165, 1.54) is 18.4 Å². The molecule has 1 heterocycles. The summed E-state index contributed by atoms with van der Waals surface area (Å²) in [5.74, 6) is 3.66. The zero-order chi connectivity index (χ0) is 25.6. The first-order chi connectivity index (χ1) is 17.5. The molecule has 196 valence electrons. The van der Waals surface area contributed by atoms with Crippen LogP contribution in [0.15, 0.2) is 59.0 Å². The van der Waals surface area contributed by atoms with Crippen LogP contribution in [0.3, 0.4) is 0 Å². The minimum Gasteiger partial charge on any atom is -0.493 e. The Morgan fingerprint density at radius 1 is 0.806 bits per heavy atom. The van der Waals surface area contributed by atoms with Crippen molar-refractivity contribution in [2.45, 2.75) is 25.1 Å². The fourth-order valence-corrected chi connectivity index (χ4v) is 4.46. The lowest BCUT2D eigenvalue weighted by atomic mass is 10.1. The number of aromatic nitrogens is 2. The highest BCUT2D eigenvalue weighted by Gasteiger charge is 2.11. The SMILES string of the molecule is CN(C)CCCN(CCCN(C)C)Cc1ccc(-c2nnc(CSCCOc3ccccc3)o2)cc1. The van der Waals surface area contributed by atoms with Crippen LogP contribution < -0.4 is 4.74 Å². The minimum atomic E-state index is 0.575. The van der Waals surface area contributed by atoms with Gasteiger partial charge in [0.25, 0.3) is 0 Å². The summed E-state index contributed by atoms with van der Waals surface area (Å²) in [6.07, 6.45) is 2.35. The highest BCUT2D eigenvalue weighted by molar-refractivity contribution is 7.98. The van der Waals surface area contributed by atoms with Gasteiger partial charge in [0.1, 0.15) is 5.75 Å². The monoisotopic (exact) mass is 511 g/mol. The van der Waals surface area contributed by atoms with Crippen LogP contribution in [0.1, 0.15) is 24.3 Å². The molecule has 0 N–H and O–H groups in total.